The van der Waals surface area contributed by atoms with Gasteiger partial charge in [0.25, 0.3) is 0 Å². The fraction of sp³-hybridized carbons (Fsp3) is 0.316. The normalized spacial score (nSPS) is 19.8. The zero-order valence-electron chi connectivity index (χ0n) is 15.9. The summed E-state index contributed by atoms with van der Waals surface area (Å²) < 4.78 is 107. The molecule has 0 radical (unpaired) electrons. The van der Waals surface area contributed by atoms with E-state index in [4.69, 9.17) is 0 Å². The third-order valence-electron chi connectivity index (χ3n) is 4.87. The number of nitrogens with zero attached hydrogens (tertiary/aromatic N) is 1. The number of benzene rings is 2. The molecule has 0 amide bonds. The number of alkyl halides is 6. The Morgan fingerprint density at radius 1 is 1.03 bits per heavy atom. The topological polar surface area (TPSA) is 83.9 Å². The Kier molecular flexibility index (Phi) is 6.06. The predicted molar refractivity (Wildman–Crippen MR) is 98.9 cm³/mol. The molecule has 0 aromatic heterocycles. The summed E-state index contributed by atoms with van der Waals surface area (Å²) in [7, 11) is -4.64. The molecule has 0 spiro atoms. The van der Waals surface area contributed by atoms with Crippen molar-refractivity contribution in [1.29, 1.82) is 0 Å². The third-order valence-corrected chi connectivity index (χ3v) is 7.06. The number of sulfone groups is 1. The Bertz CT molecular complexity index is 1120. The highest BCUT2D eigenvalue weighted by atomic mass is 32.2. The maximum absolute atomic E-state index is 13.3. The lowest BCUT2D eigenvalue weighted by Crippen LogP contribution is -2.36. The maximum Gasteiger partial charge on any atom is 0.573 e. The number of rotatable bonds is 5. The Balaban J connectivity index is 1.98. The van der Waals surface area contributed by atoms with Crippen LogP contribution in [0.5, 0.6) is 5.75 Å². The first-order valence-corrected chi connectivity index (χ1v) is 10.5. The zero-order chi connectivity index (χ0) is 23.9. The Morgan fingerprint density at radius 2 is 1.69 bits per heavy atom. The summed E-state index contributed by atoms with van der Waals surface area (Å²) >= 11 is 0. The number of anilines is 1. The minimum Gasteiger partial charge on any atom is -0.480 e. The molecule has 6 nitrogen and oxygen atoms in total. The summed E-state index contributed by atoms with van der Waals surface area (Å²) in [6.07, 6.45) is -10.5. The SMILES string of the molecule is O=C(O)C1CC(S(=O)(=O)c2ccccc2C(F)(F)F)CN1c1cccc(OC(F)(F)F)c1. The predicted octanol–water partition coefficient (Wildman–Crippen LogP) is 4.11. The van der Waals surface area contributed by atoms with E-state index in [1.807, 2.05) is 0 Å². The van der Waals surface area contributed by atoms with Crippen molar-refractivity contribution in [3.63, 3.8) is 0 Å². The van der Waals surface area contributed by atoms with Crippen molar-refractivity contribution >= 4 is 21.5 Å². The van der Waals surface area contributed by atoms with Gasteiger partial charge in [-0.25, -0.2) is 13.2 Å². The smallest absolute Gasteiger partial charge is 0.480 e. The van der Waals surface area contributed by atoms with Gasteiger partial charge in [0.05, 0.1) is 15.7 Å². The molecular weight excluding hydrogens is 468 g/mol. The van der Waals surface area contributed by atoms with Crippen molar-refractivity contribution in [2.24, 2.45) is 0 Å². The monoisotopic (exact) mass is 483 g/mol. The summed E-state index contributed by atoms with van der Waals surface area (Å²) in [5, 5.41) is 7.97. The number of ether oxygens (including phenoxy) is 1. The average molecular weight is 483 g/mol. The lowest BCUT2D eigenvalue weighted by Gasteiger charge is -2.24. The van der Waals surface area contributed by atoms with Crippen LogP contribution >= 0.6 is 0 Å². The van der Waals surface area contributed by atoms with E-state index in [1.165, 1.54) is 6.07 Å². The van der Waals surface area contributed by atoms with Crippen LogP contribution in [0.2, 0.25) is 0 Å². The van der Waals surface area contributed by atoms with Crippen LogP contribution in [0.1, 0.15) is 12.0 Å². The molecule has 2 aromatic carbocycles. The fourth-order valence-electron chi connectivity index (χ4n) is 3.53. The van der Waals surface area contributed by atoms with Gasteiger partial charge in [-0.3, -0.25) is 0 Å². The zero-order valence-corrected chi connectivity index (χ0v) is 16.7. The highest BCUT2D eigenvalue weighted by Gasteiger charge is 2.46. The first kappa shape index (κ1) is 23.7. The molecule has 3 rings (SSSR count). The molecule has 2 aromatic rings. The Labute approximate surface area is 177 Å². The molecule has 1 aliphatic heterocycles. The van der Waals surface area contributed by atoms with Crippen LogP contribution in [-0.2, 0) is 20.8 Å². The van der Waals surface area contributed by atoms with Gasteiger partial charge in [-0.05, 0) is 30.7 Å². The number of carboxylic acid groups (broad SMARTS) is 1. The molecule has 2 atom stereocenters. The summed E-state index contributed by atoms with van der Waals surface area (Å²) in [5.41, 5.74) is -1.47. The highest BCUT2D eigenvalue weighted by molar-refractivity contribution is 7.92. The van der Waals surface area contributed by atoms with Crippen molar-refractivity contribution in [2.75, 3.05) is 11.4 Å². The van der Waals surface area contributed by atoms with Gasteiger partial charge in [0.1, 0.15) is 11.8 Å². The van der Waals surface area contributed by atoms with Crippen LogP contribution in [0.15, 0.2) is 53.4 Å². The van der Waals surface area contributed by atoms with Crippen LogP contribution < -0.4 is 9.64 Å². The van der Waals surface area contributed by atoms with Crippen molar-refractivity contribution < 1.29 is 49.4 Å². The van der Waals surface area contributed by atoms with E-state index in [9.17, 15) is 44.7 Å². The second kappa shape index (κ2) is 8.19. The van der Waals surface area contributed by atoms with E-state index >= 15 is 0 Å². The van der Waals surface area contributed by atoms with Crippen LogP contribution in [-0.4, -0.2) is 43.7 Å². The molecule has 0 bridgehead atoms. The van der Waals surface area contributed by atoms with Gasteiger partial charge in [-0.1, -0.05) is 18.2 Å². The van der Waals surface area contributed by atoms with Crippen LogP contribution in [0.4, 0.5) is 32.0 Å². The van der Waals surface area contributed by atoms with Gasteiger partial charge in [0.2, 0.25) is 0 Å². The summed E-state index contributed by atoms with van der Waals surface area (Å²) in [6, 6.07) is 6.28. The molecule has 0 aliphatic carbocycles. The maximum atomic E-state index is 13.3. The van der Waals surface area contributed by atoms with Crippen LogP contribution in [0, 0.1) is 0 Å². The molecule has 174 valence electrons. The first-order chi connectivity index (χ1) is 14.7. The lowest BCUT2D eigenvalue weighted by molar-refractivity contribution is -0.274. The standard InChI is InChI=1S/C19H15F6NO5S/c20-18(21,22)14-6-1-2-7-16(14)32(29,30)13-9-15(17(27)28)26(10-13)11-4-3-5-12(8-11)31-19(23,24)25/h1-8,13,15H,9-10H2,(H,27,28). The van der Waals surface area contributed by atoms with E-state index in [0.29, 0.717) is 6.07 Å². The van der Waals surface area contributed by atoms with Gasteiger partial charge in [0.15, 0.2) is 9.84 Å². The Hall–Kier alpha value is -2.96. The minimum absolute atomic E-state index is 0.0824. The van der Waals surface area contributed by atoms with E-state index in [2.05, 4.69) is 4.74 Å². The van der Waals surface area contributed by atoms with E-state index in [1.54, 1.807) is 0 Å². The molecule has 2 unspecified atom stereocenters. The number of carbonyl (C=O) groups is 1. The van der Waals surface area contributed by atoms with Crippen LogP contribution in [0.3, 0.4) is 0 Å². The molecule has 13 heteroatoms. The van der Waals surface area contributed by atoms with Crippen molar-refractivity contribution in [1.82, 2.24) is 0 Å². The van der Waals surface area contributed by atoms with Gasteiger partial charge in [-0.2, -0.15) is 13.2 Å². The largest absolute Gasteiger partial charge is 0.573 e. The van der Waals surface area contributed by atoms with E-state index in [0.717, 1.165) is 41.3 Å². The average Bonchev–Trinajstić information content (AvgIpc) is 3.13. The molecule has 1 fully saturated rings. The molecule has 1 aliphatic rings. The number of hydrogen-bond acceptors (Lipinski definition) is 5. The molecule has 1 saturated heterocycles. The van der Waals surface area contributed by atoms with Crippen molar-refractivity contribution in [2.45, 2.75) is 35.1 Å². The summed E-state index contributed by atoms with van der Waals surface area (Å²) in [5.74, 6) is -2.14. The number of hydrogen-bond donors (Lipinski definition) is 1. The van der Waals surface area contributed by atoms with Gasteiger partial charge >= 0.3 is 18.5 Å². The first-order valence-electron chi connectivity index (χ1n) is 8.95. The molecule has 1 heterocycles. The Morgan fingerprint density at radius 3 is 2.28 bits per heavy atom. The second-order valence-corrected chi connectivity index (χ2v) is 9.14. The van der Waals surface area contributed by atoms with E-state index in [-0.39, 0.29) is 5.69 Å². The van der Waals surface area contributed by atoms with Gasteiger partial charge in [-0.15, -0.1) is 13.2 Å². The molecular formula is C19H15F6NO5S. The quantitative estimate of drug-likeness (QED) is 0.645. The number of carboxylic acids is 1. The lowest BCUT2D eigenvalue weighted by atomic mass is 10.2. The fourth-order valence-corrected chi connectivity index (χ4v) is 5.44. The highest BCUT2D eigenvalue weighted by Crippen LogP contribution is 2.39. The van der Waals surface area contributed by atoms with E-state index < -0.39 is 68.8 Å². The summed E-state index contributed by atoms with van der Waals surface area (Å²) in [6.45, 7) is -0.541. The molecule has 1 N–H and O–H groups in total. The second-order valence-electron chi connectivity index (χ2n) is 6.95. The molecule has 0 saturated carbocycles. The van der Waals surface area contributed by atoms with Crippen LogP contribution in [0.25, 0.3) is 0 Å². The van der Waals surface area contributed by atoms with Gasteiger partial charge < -0.3 is 14.7 Å². The summed E-state index contributed by atoms with van der Waals surface area (Å²) in [4.78, 5) is 11.7. The molecule has 32 heavy (non-hydrogen) atoms. The number of halogens is 6. The third kappa shape index (κ3) is 4.92. The van der Waals surface area contributed by atoms with Crippen molar-refractivity contribution in [3.8, 4) is 5.75 Å². The minimum atomic E-state index is -5.01. The van der Waals surface area contributed by atoms with Gasteiger partial charge in [0, 0.05) is 18.3 Å². The number of aliphatic carboxylic acids is 1. The van der Waals surface area contributed by atoms with Crippen molar-refractivity contribution in [3.05, 3.63) is 54.1 Å².